The van der Waals surface area contributed by atoms with Gasteiger partial charge in [-0.1, -0.05) is 13.3 Å². The Labute approximate surface area is 98.8 Å². The van der Waals surface area contributed by atoms with Gasteiger partial charge in [0.05, 0.1) is 13.2 Å². The molecule has 0 heterocycles. The summed E-state index contributed by atoms with van der Waals surface area (Å²) in [7, 11) is 1.71. The van der Waals surface area contributed by atoms with E-state index in [1.54, 1.807) is 7.11 Å². The van der Waals surface area contributed by atoms with Gasteiger partial charge in [0.25, 0.3) is 0 Å². The predicted octanol–water partition coefficient (Wildman–Crippen LogP) is 0.586. The molecule has 4 nitrogen and oxygen atoms in total. The van der Waals surface area contributed by atoms with Crippen molar-refractivity contribution in [3.05, 3.63) is 0 Å². The monoisotopic (exact) mass is 230 g/mol. The maximum atomic E-state index is 9.51. The maximum absolute atomic E-state index is 9.51. The second-order valence-electron chi connectivity index (χ2n) is 4.66. The van der Waals surface area contributed by atoms with Crippen molar-refractivity contribution < 1.29 is 9.84 Å². The Morgan fingerprint density at radius 2 is 2.19 bits per heavy atom. The standard InChI is InChI=1S/C12H26N2O2/c1-3-4-11(13)12(9-15)14(7-8-16-2)10-5-6-10/h10-12,15H,3-9,13H2,1-2H3. The first-order valence-corrected chi connectivity index (χ1v) is 6.35. The third-order valence-corrected chi connectivity index (χ3v) is 3.30. The van der Waals surface area contributed by atoms with Crippen LogP contribution in [0.15, 0.2) is 0 Å². The zero-order valence-corrected chi connectivity index (χ0v) is 10.6. The van der Waals surface area contributed by atoms with E-state index in [4.69, 9.17) is 10.5 Å². The van der Waals surface area contributed by atoms with Gasteiger partial charge in [0.2, 0.25) is 0 Å². The van der Waals surface area contributed by atoms with Crippen LogP contribution in [-0.2, 0) is 4.74 Å². The van der Waals surface area contributed by atoms with Crippen LogP contribution in [0.4, 0.5) is 0 Å². The van der Waals surface area contributed by atoms with Crippen molar-refractivity contribution in [1.29, 1.82) is 0 Å². The summed E-state index contributed by atoms with van der Waals surface area (Å²) in [5.74, 6) is 0. The molecule has 2 atom stereocenters. The van der Waals surface area contributed by atoms with E-state index in [2.05, 4.69) is 11.8 Å². The van der Waals surface area contributed by atoms with Gasteiger partial charge in [0.1, 0.15) is 0 Å². The van der Waals surface area contributed by atoms with Crippen LogP contribution >= 0.6 is 0 Å². The molecule has 1 aliphatic rings. The van der Waals surface area contributed by atoms with Gasteiger partial charge >= 0.3 is 0 Å². The molecule has 0 spiro atoms. The van der Waals surface area contributed by atoms with Crippen molar-refractivity contribution in [2.45, 2.75) is 50.7 Å². The highest BCUT2D eigenvalue weighted by Crippen LogP contribution is 2.29. The average Bonchev–Trinajstić information content (AvgIpc) is 3.08. The molecule has 0 saturated heterocycles. The van der Waals surface area contributed by atoms with Gasteiger partial charge in [0.15, 0.2) is 0 Å². The molecule has 1 saturated carbocycles. The lowest BCUT2D eigenvalue weighted by Gasteiger charge is -2.34. The highest BCUT2D eigenvalue weighted by molar-refractivity contribution is 4.92. The Morgan fingerprint density at radius 3 is 2.62 bits per heavy atom. The molecule has 1 fully saturated rings. The van der Waals surface area contributed by atoms with Crippen LogP contribution in [0.5, 0.6) is 0 Å². The van der Waals surface area contributed by atoms with Crippen molar-refractivity contribution in [1.82, 2.24) is 4.90 Å². The second-order valence-corrected chi connectivity index (χ2v) is 4.66. The lowest BCUT2D eigenvalue weighted by Crippen LogP contribution is -2.52. The normalized spacial score (nSPS) is 20.1. The lowest BCUT2D eigenvalue weighted by molar-refractivity contribution is 0.0662. The molecule has 2 unspecified atom stereocenters. The van der Waals surface area contributed by atoms with Crippen LogP contribution in [0, 0.1) is 0 Å². The molecule has 4 heteroatoms. The summed E-state index contributed by atoms with van der Waals surface area (Å²) in [6.07, 6.45) is 4.51. The number of nitrogens with zero attached hydrogens (tertiary/aromatic N) is 1. The fraction of sp³-hybridized carbons (Fsp3) is 1.00. The van der Waals surface area contributed by atoms with Crippen molar-refractivity contribution in [2.75, 3.05) is 26.9 Å². The van der Waals surface area contributed by atoms with Gasteiger partial charge in [0, 0.05) is 31.8 Å². The van der Waals surface area contributed by atoms with Crippen LogP contribution in [0.1, 0.15) is 32.6 Å². The largest absolute Gasteiger partial charge is 0.395 e. The predicted molar refractivity (Wildman–Crippen MR) is 65.4 cm³/mol. The van der Waals surface area contributed by atoms with E-state index in [0.717, 1.165) is 19.4 Å². The molecule has 0 aromatic heterocycles. The van der Waals surface area contributed by atoms with Crippen molar-refractivity contribution in [3.8, 4) is 0 Å². The Kier molecular flexibility index (Phi) is 6.28. The Bertz CT molecular complexity index is 186. The minimum absolute atomic E-state index is 0.0763. The second kappa shape index (κ2) is 7.22. The van der Waals surface area contributed by atoms with Crippen LogP contribution in [0.3, 0.4) is 0 Å². The molecule has 0 radical (unpaired) electrons. The Morgan fingerprint density at radius 1 is 1.50 bits per heavy atom. The SMILES string of the molecule is CCCC(N)C(CO)N(CCOC)C1CC1. The van der Waals surface area contributed by atoms with E-state index in [1.807, 2.05) is 0 Å². The van der Waals surface area contributed by atoms with Gasteiger partial charge in [-0.25, -0.2) is 0 Å². The molecule has 0 aromatic rings. The van der Waals surface area contributed by atoms with Gasteiger partial charge < -0.3 is 15.6 Å². The smallest absolute Gasteiger partial charge is 0.0602 e. The van der Waals surface area contributed by atoms with Crippen LogP contribution in [0.25, 0.3) is 0 Å². The highest BCUT2D eigenvalue weighted by Gasteiger charge is 2.35. The molecular weight excluding hydrogens is 204 g/mol. The third kappa shape index (κ3) is 4.01. The first-order chi connectivity index (χ1) is 7.74. The number of methoxy groups -OCH3 is 1. The van der Waals surface area contributed by atoms with Crippen molar-refractivity contribution >= 4 is 0 Å². The van der Waals surface area contributed by atoms with Crippen LogP contribution in [0.2, 0.25) is 0 Å². The fourth-order valence-electron chi connectivity index (χ4n) is 2.23. The van der Waals surface area contributed by atoms with Crippen molar-refractivity contribution in [2.24, 2.45) is 5.73 Å². The number of hydrogen-bond donors (Lipinski definition) is 2. The molecule has 3 N–H and O–H groups in total. The van der Waals surface area contributed by atoms with Gasteiger partial charge in [-0.3, -0.25) is 4.90 Å². The first-order valence-electron chi connectivity index (χ1n) is 6.35. The summed E-state index contributed by atoms with van der Waals surface area (Å²) in [5, 5.41) is 9.51. The van der Waals surface area contributed by atoms with E-state index in [-0.39, 0.29) is 18.7 Å². The lowest BCUT2D eigenvalue weighted by atomic mass is 10.0. The zero-order chi connectivity index (χ0) is 12.0. The molecule has 1 rings (SSSR count). The molecule has 0 aliphatic heterocycles. The Hall–Kier alpha value is -0.160. The van der Waals surface area contributed by atoms with E-state index in [0.29, 0.717) is 12.6 Å². The van der Waals surface area contributed by atoms with E-state index < -0.39 is 0 Å². The molecular formula is C12H26N2O2. The summed E-state index contributed by atoms with van der Waals surface area (Å²) in [6.45, 7) is 3.88. The van der Waals surface area contributed by atoms with Crippen LogP contribution < -0.4 is 5.73 Å². The number of aliphatic hydroxyl groups excluding tert-OH is 1. The first kappa shape index (κ1) is 13.9. The molecule has 16 heavy (non-hydrogen) atoms. The van der Waals surface area contributed by atoms with Crippen LogP contribution in [-0.4, -0.2) is 55.0 Å². The number of aliphatic hydroxyl groups is 1. The van der Waals surface area contributed by atoms with E-state index in [9.17, 15) is 5.11 Å². The van der Waals surface area contributed by atoms with E-state index in [1.165, 1.54) is 12.8 Å². The average molecular weight is 230 g/mol. The maximum Gasteiger partial charge on any atom is 0.0602 e. The zero-order valence-electron chi connectivity index (χ0n) is 10.6. The molecule has 0 amide bonds. The van der Waals surface area contributed by atoms with Gasteiger partial charge in [-0.05, 0) is 19.3 Å². The number of ether oxygens (including phenoxy) is 1. The molecule has 1 aliphatic carbocycles. The topological polar surface area (TPSA) is 58.7 Å². The number of rotatable bonds is 9. The Balaban J connectivity index is 2.50. The summed E-state index contributed by atoms with van der Waals surface area (Å²) in [6, 6.07) is 0.797. The molecule has 0 aromatic carbocycles. The van der Waals surface area contributed by atoms with Crippen molar-refractivity contribution in [3.63, 3.8) is 0 Å². The highest BCUT2D eigenvalue weighted by atomic mass is 16.5. The summed E-state index contributed by atoms with van der Waals surface area (Å²) in [5.41, 5.74) is 6.13. The number of nitrogens with two attached hydrogens (primary N) is 1. The number of hydrogen-bond acceptors (Lipinski definition) is 4. The fourth-order valence-corrected chi connectivity index (χ4v) is 2.23. The third-order valence-electron chi connectivity index (χ3n) is 3.30. The summed E-state index contributed by atoms with van der Waals surface area (Å²) in [4.78, 5) is 2.34. The minimum atomic E-state index is 0.0763. The summed E-state index contributed by atoms with van der Waals surface area (Å²) < 4.78 is 5.12. The quantitative estimate of drug-likeness (QED) is 0.608. The van der Waals surface area contributed by atoms with E-state index >= 15 is 0 Å². The molecule has 96 valence electrons. The molecule has 0 bridgehead atoms. The van der Waals surface area contributed by atoms with Gasteiger partial charge in [-0.15, -0.1) is 0 Å². The minimum Gasteiger partial charge on any atom is -0.395 e. The van der Waals surface area contributed by atoms with Gasteiger partial charge in [-0.2, -0.15) is 0 Å². The summed E-state index contributed by atoms with van der Waals surface area (Å²) >= 11 is 0.